The van der Waals surface area contributed by atoms with Crippen molar-refractivity contribution in [3.8, 4) is 0 Å². The number of hydrogen-bond acceptors (Lipinski definition) is 4. The monoisotopic (exact) mass is 374 g/mol. The van der Waals surface area contributed by atoms with Crippen molar-refractivity contribution < 1.29 is 0 Å². The van der Waals surface area contributed by atoms with E-state index in [-0.39, 0.29) is 0 Å². The van der Waals surface area contributed by atoms with Crippen LogP contribution in [-0.4, -0.2) is 46.8 Å². The second-order valence-corrected chi connectivity index (χ2v) is 8.02. The molecule has 1 unspecified atom stereocenters. The number of hydrogen-bond donors (Lipinski definition) is 2. The zero-order valence-electron chi connectivity index (χ0n) is 16.5. The van der Waals surface area contributed by atoms with Crippen molar-refractivity contribution in [3.05, 3.63) is 38.8 Å². The summed E-state index contributed by atoms with van der Waals surface area (Å²) in [6.45, 7) is 10.2. The van der Waals surface area contributed by atoms with Crippen LogP contribution in [0, 0.1) is 13.8 Å². The van der Waals surface area contributed by atoms with E-state index in [1.165, 1.54) is 23.2 Å². The van der Waals surface area contributed by atoms with Gasteiger partial charge in [0.15, 0.2) is 5.96 Å². The molecule has 7 heteroatoms. The Morgan fingerprint density at radius 2 is 2.19 bits per heavy atom. The molecule has 142 valence electrons. The van der Waals surface area contributed by atoms with Crippen LogP contribution in [0.25, 0.3) is 0 Å². The molecule has 0 fully saturated rings. The predicted octanol–water partition coefficient (Wildman–Crippen LogP) is 2.21. The molecule has 0 aromatic carbocycles. The molecular formula is C19H30N6S. The fourth-order valence-electron chi connectivity index (χ4n) is 3.49. The van der Waals surface area contributed by atoms with Crippen molar-refractivity contribution in [2.75, 3.05) is 20.1 Å². The lowest BCUT2D eigenvalue weighted by atomic mass is 10.1. The Bertz CT molecular complexity index is 775. The van der Waals surface area contributed by atoms with Gasteiger partial charge >= 0.3 is 0 Å². The second-order valence-electron chi connectivity index (χ2n) is 7.02. The van der Waals surface area contributed by atoms with Crippen LogP contribution in [0.2, 0.25) is 0 Å². The fraction of sp³-hybridized carbons (Fsp3) is 0.579. The van der Waals surface area contributed by atoms with E-state index in [0.717, 1.165) is 37.8 Å². The van der Waals surface area contributed by atoms with Gasteiger partial charge in [-0.1, -0.05) is 0 Å². The minimum Gasteiger partial charge on any atom is -0.355 e. The molecule has 3 heterocycles. The van der Waals surface area contributed by atoms with Crippen molar-refractivity contribution in [3.63, 3.8) is 0 Å². The minimum atomic E-state index is 0.462. The Hall–Kier alpha value is -1.86. The Kier molecular flexibility index (Phi) is 5.98. The van der Waals surface area contributed by atoms with Crippen LogP contribution in [0.4, 0.5) is 0 Å². The molecule has 0 amide bonds. The molecule has 0 bridgehead atoms. The maximum Gasteiger partial charge on any atom is 0.191 e. The number of nitrogens with zero attached hydrogens (tertiary/aromatic N) is 4. The van der Waals surface area contributed by atoms with E-state index in [1.807, 2.05) is 30.1 Å². The summed E-state index contributed by atoms with van der Waals surface area (Å²) in [6, 6.07) is 2.73. The summed E-state index contributed by atoms with van der Waals surface area (Å²) in [6.07, 6.45) is 1.17. The van der Waals surface area contributed by atoms with E-state index in [0.29, 0.717) is 6.04 Å². The quantitative estimate of drug-likeness (QED) is 0.622. The Morgan fingerprint density at radius 3 is 2.88 bits per heavy atom. The van der Waals surface area contributed by atoms with Crippen LogP contribution >= 0.6 is 11.3 Å². The van der Waals surface area contributed by atoms with Gasteiger partial charge in [0.1, 0.15) is 0 Å². The van der Waals surface area contributed by atoms with Gasteiger partial charge in [0.25, 0.3) is 0 Å². The summed E-state index contributed by atoms with van der Waals surface area (Å²) < 4.78 is 1.93. The highest BCUT2D eigenvalue weighted by Crippen LogP contribution is 2.24. The van der Waals surface area contributed by atoms with Crippen LogP contribution in [-0.2, 0) is 26.6 Å². The van der Waals surface area contributed by atoms with Crippen LogP contribution < -0.4 is 10.6 Å². The van der Waals surface area contributed by atoms with Crippen molar-refractivity contribution in [1.29, 1.82) is 0 Å². The predicted molar refractivity (Wildman–Crippen MR) is 109 cm³/mol. The lowest BCUT2D eigenvalue weighted by Gasteiger charge is -2.32. The number of aliphatic imine (C=N–C) groups is 1. The van der Waals surface area contributed by atoms with Crippen LogP contribution in [0.3, 0.4) is 0 Å². The van der Waals surface area contributed by atoms with Gasteiger partial charge in [0, 0.05) is 62.5 Å². The number of thiophene rings is 1. The first-order chi connectivity index (χ1) is 12.5. The van der Waals surface area contributed by atoms with Crippen molar-refractivity contribution in [2.24, 2.45) is 12.0 Å². The molecule has 2 aromatic heterocycles. The van der Waals surface area contributed by atoms with Crippen molar-refractivity contribution in [1.82, 2.24) is 25.3 Å². The zero-order chi connectivity index (χ0) is 18.7. The van der Waals surface area contributed by atoms with Gasteiger partial charge < -0.3 is 10.6 Å². The molecule has 1 aliphatic rings. The van der Waals surface area contributed by atoms with Crippen molar-refractivity contribution >= 4 is 17.3 Å². The van der Waals surface area contributed by atoms with E-state index >= 15 is 0 Å². The van der Waals surface area contributed by atoms with Gasteiger partial charge in [0.05, 0.1) is 5.69 Å². The molecule has 26 heavy (non-hydrogen) atoms. The Labute approximate surface area is 160 Å². The molecule has 6 nitrogen and oxygen atoms in total. The molecule has 1 aliphatic heterocycles. The van der Waals surface area contributed by atoms with E-state index in [4.69, 9.17) is 0 Å². The van der Waals surface area contributed by atoms with Gasteiger partial charge in [0.2, 0.25) is 0 Å². The molecule has 0 aliphatic carbocycles. The van der Waals surface area contributed by atoms with E-state index < -0.39 is 0 Å². The molecular weight excluding hydrogens is 344 g/mol. The summed E-state index contributed by atoms with van der Waals surface area (Å²) in [5.74, 6) is 0.840. The number of aryl methyl sites for hydroxylation is 2. The molecule has 2 N–H and O–H groups in total. The number of rotatable bonds is 5. The third-order valence-electron chi connectivity index (χ3n) is 5.34. The number of guanidine groups is 1. The third kappa shape index (κ3) is 4.10. The molecule has 3 rings (SSSR count). The Balaban J connectivity index is 1.50. The molecule has 0 radical (unpaired) electrons. The lowest BCUT2D eigenvalue weighted by molar-refractivity contribution is 0.192. The first kappa shape index (κ1) is 18.9. The largest absolute Gasteiger partial charge is 0.355 e. The van der Waals surface area contributed by atoms with Crippen molar-refractivity contribution in [2.45, 2.75) is 46.3 Å². The molecule has 0 saturated heterocycles. The second kappa shape index (κ2) is 8.22. The molecule has 0 spiro atoms. The average Bonchev–Trinajstić information content (AvgIpc) is 3.19. The summed E-state index contributed by atoms with van der Waals surface area (Å²) in [4.78, 5) is 8.47. The summed E-state index contributed by atoms with van der Waals surface area (Å²) in [5, 5.41) is 13.6. The summed E-state index contributed by atoms with van der Waals surface area (Å²) in [5.41, 5.74) is 5.00. The first-order valence-corrected chi connectivity index (χ1v) is 10.1. The Morgan fingerprint density at radius 1 is 1.38 bits per heavy atom. The van der Waals surface area contributed by atoms with Gasteiger partial charge in [-0.15, -0.1) is 11.3 Å². The number of nitrogens with one attached hydrogen (secondary N) is 2. The van der Waals surface area contributed by atoms with Crippen LogP contribution in [0.15, 0.2) is 16.4 Å². The topological polar surface area (TPSA) is 57.5 Å². The van der Waals surface area contributed by atoms with E-state index in [2.05, 4.69) is 57.8 Å². The molecule has 2 aromatic rings. The smallest absolute Gasteiger partial charge is 0.191 e. The SMILES string of the molecule is CN=C(NCc1c(C)nn(C)c1C)NCC(C)N1CCc2sccc2C1. The zero-order valence-corrected chi connectivity index (χ0v) is 17.3. The number of aromatic nitrogens is 2. The maximum absolute atomic E-state index is 4.47. The molecule has 1 atom stereocenters. The fourth-order valence-corrected chi connectivity index (χ4v) is 4.38. The molecule has 0 saturated carbocycles. The normalized spacial score (nSPS) is 16.4. The lowest BCUT2D eigenvalue weighted by Crippen LogP contribution is -2.47. The van der Waals surface area contributed by atoms with Gasteiger partial charge in [-0.25, -0.2) is 0 Å². The van der Waals surface area contributed by atoms with E-state index in [9.17, 15) is 0 Å². The maximum atomic E-state index is 4.47. The van der Waals surface area contributed by atoms with Crippen LogP contribution in [0.5, 0.6) is 0 Å². The van der Waals surface area contributed by atoms with Gasteiger partial charge in [-0.2, -0.15) is 5.10 Å². The van der Waals surface area contributed by atoms with E-state index in [1.54, 1.807) is 4.88 Å². The van der Waals surface area contributed by atoms with Gasteiger partial charge in [-0.05, 0) is 44.2 Å². The highest BCUT2D eigenvalue weighted by molar-refractivity contribution is 7.10. The minimum absolute atomic E-state index is 0.462. The third-order valence-corrected chi connectivity index (χ3v) is 6.36. The highest BCUT2D eigenvalue weighted by atomic mass is 32.1. The first-order valence-electron chi connectivity index (χ1n) is 9.22. The standard InChI is InChI=1S/C19H30N6S/c1-13(25-8-6-18-16(12-25)7-9-26-18)10-21-19(20-4)22-11-17-14(2)23-24(5)15(17)3/h7,9,13H,6,8,10-12H2,1-5H3,(H2,20,21,22). The summed E-state index contributed by atoms with van der Waals surface area (Å²) >= 11 is 1.89. The highest BCUT2D eigenvalue weighted by Gasteiger charge is 2.21. The van der Waals surface area contributed by atoms with Gasteiger partial charge in [-0.3, -0.25) is 14.6 Å². The summed E-state index contributed by atoms with van der Waals surface area (Å²) in [7, 11) is 3.81. The van der Waals surface area contributed by atoms with Crippen LogP contribution in [0.1, 0.15) is 34.3 Å². The number of fused-ring (bicyclic) bond motifs is 1. The average molecular weight is 375 g/mol.